The summed E-state index contributed by atoms with van der Waals surface area (Å²) in [6.07, 6.45) is 3.35. The van der Waals surface area contributed by atoms with Crippen molar-refractivity contribution in [3.63, 3.8) is 0 Å². The maximum atomic E-state index is 13.6. The van der Waals surface area contributed by atoms with Crippen molar-refractivity contribution in [3.05, 3.63) is 76.6 Å². The molecule has 35 heavy (non-hydrogen) atoms. The monoisotopic (exact) mass is 490 g/mol. The lowest BCUT2D eigenvalue weighted by atomic mass is 10.0. The topological polar surface area (TPSA) is 74.6 Å². The second-order valence-electron chi connectivity index (χ2n) is 8.84. The Balaban J connectivity index is 1.07. The second-order valence-corrected chi connectivity index (χ2v) is 9.73. The lowest BCUT2D eigenvalue weighted by molar-refractivity contribution is 0.00854. The van der Waals surface area contributed by atoms with Crippen molar-refractivity contribution in [3.8, 4) is 5.69 Å². The average molecular weight is 491 g/mol. The number of piperazine rings is 1. The molecule has 8 nitrogen and oxygen atoms in total. The first-order valence-corrected chi connectivity index (χ1v) is 12.4. The number of hydrogen-bond acceptors (Lipinski definition) is 6. The Morgan fingerprint density at radius 3 is 2.54 bits per heavy atom. The Labute approximate surface area is 205 Å². The molecule has 2 aromatic carbocycles. The van der Waals surface area contributed by atoms with Crippen LogP contribution in [-0.4, -0.2) is 86.6 Å². The molecular weight excluding hydrogens is 467 g/mol. The van der Waals surface area contributed by atoms with Gasteiger partial charge in [0.1, 0.15) is 5.82 Å². The van der Waals surface area contributed by atoms with Crippen LogP contribution in [0.2, 0.25) is 0 Å². The first-order chi connectivity index (χ1) is 17.1. The molecule has 4 heterocycles. The van der Waals surface area contributed by atoms with Crippen molar-refractivity contribution >= 4 is 34.1 Å². The minimum Gasteiger partial charge on any atom is -0.335 e. The summed E-state index contributed by atoms with van der Waals surface area (Å²) in [6, 6.07) is 12.1. The van der Waals surface area contributed by atoms with E-state index in [-0.39, 0.29) is 17.6 Å². The highest BCUT2D eigenvalue weighted by molar-refractivity contribution is 7.11. The van der Waals surface area contributed by atoms with Gasteiger partial charge in [-0.3, -0.25) is 14.5 Å². The molecule has 2 amide bonds. The van der Waals surface area contributed by atoms with Gasteiger partial charge in [0.2, 0.25) is 0 Å². The van der Waals surface area contributed by atoms with Crippen molar-refractivity contribution < 1.29 is 14.0 Å². The molecule has 4 aromatic rings. The molecule has 0 unspecified atom stereocenters. The van der Waals surface area contributed by atoms with Gasteiger partial charge in [-0.25, -0.2) is 14.1 Å². The summed E-state index contributed by atoms with van der Waals surface area (Å²) in [6.45, 7) is 4.31. The Kier molecular flexibility index (Phi) is 5.54. The van der Waals surface area contributed by atoms with Gasteiger partial charge in [-0.05, 0) is 36.4 Å². The maximum Gasteiger partial charge on any atom is 0.282 e. The van der Waals surface area contributed by atoms with Crippen LogP contribution in [-0.2, 0) is 0 Å². The maximum absolute atomic E-state index is 13.6. The third kappa shape index (κ3) is 4.08. The molecule has 0 bridgehead atoms. The second kappa shape index (κ2) is 8.86. The molecule has 0 atom stereocenters. The minimum absolute atomic E-state index is 0.000705. The van der Waals surface area contributed by atoms with E-state index in [2.05, 4.69) is 15.0 Å². The van der Waals surface area contributed by atoms with Crippen LogP contribution < -0.4 is 0 Å². The molecule has 0 radical (unpaired) electrons. The van der Waals surface area contributed by atoms with E-state index in [1.165, 1.54) is 23.5 Å². The fourth-order valence-electron chi connectivity index (χ4n) is 4.77. The zero-order valence-corrected chi connectivity index (χ0v) is 19.7. The standard InChI is InChI=1S/C25H23FN6O2S/c26-19-2-1-3-20(13-19)32-22-5-4-17(12-18(22)14-28-32)24(33)31-15-21(16-31)29-7-9-30(10-8-29)25(34)23-27-6-11-35-23/h1-6,11-14,21H,7-10,15-16H2. The fourth-order valence-corrected chi connectivity index (χ4v) is 5.37. The number of likely N-dealkylation sites (tertiary alicyclic amines) is 1. The highest BCUT2D eigenvalue weighted by atomic mass is 32.1. The summed E-state index contributed by atoms with van der Waals surface area (Å²) in [5.74, 6) is -0.321. The predicted octanol–water partition coefficient (Wildman–Crippen LogP) is 2.90. The number of carbonyl (C=O) groups is 2. The fraction of sp³-hybridized carbons (Fsp3) is 0.280. The van der Waals surface area contributed by atoms with Gasteiger partial charge in [-0.1, -0.05) is 6.07 Å². The number of aromatic nitrogens is 3. The Hall–Kier alpha value is -3.63. The first kappa shape index (κ1) is 21.9. The third-order valence-corrected chi connectivity index (χ3v) is 7.51. The summed E-state index contributed by atoms with van der Waals surface area (Å²) in [5.41, 5.74) is 2.07. The molecule has 0 aliphatic carbocycles. The van der Waals surface area contributed by atoms with E-state index in [4.69, 9.17) is 0 Å². The number of halogens is 1. The van der Waals surface area contributed by atoms with E-state index in [1.54, 1.807) is 35.3 Å². The molecular formula is C25H23FN6O2S. The predicted molar refractivity (Wildman–Crippen MR) is 130 cm³/mol. The summed E-state index contributed by atoms with van der Waals surface area (Å²) < 4.78 is 15.3. The normalized spacial score (nSPS) is 17.1. The van der Waals surface area contributed by atoms with Gasteiger partial charge in [-0.15, -0.1) is 11.3 Å². The number of thiazole rings is 1. The van der Waals surface area contributed by atoms with Crippen molar-refractivity contribution in [2.75, 3.05) is 39.3 Å². The first-order valence-electron chi connectivity index (χ1n) is 11.5. The molecule has 2 aliphatic heterocycles. The molecule has 2 saturated heterocycles. The summed E-state index contributed by atoms with van der Waals surface area (Å²) >= 11 is 1.37. The third-order valence-electron chi connectivity index (χ3n) is 6.75. The summed E-state index contributed by atoms with van der Waals surface area (Å²) in [4.78, 5) is 35.8. The Bertz CT molecular complexity index is 1390. The summed E-state index contributed by atoms with van der Waals surface area (Å²) in [7, 11) is 0. The SMILES string of the molecule is O=C(c1ccc2c(cnn2-c2cccc(F)c2)c1)N1CC(N2CCN(C(=O)c3nccs3)CC2)C1. The zero-order chi connectivity index (χ0) is 23.9. The van der Waals surface area contributed by atoms with Crippen molar-refractivity contribution in [2.45, 2.75) is 6.04 Å². The number of carbonyl (C=O) groups excluding carboxylic acids is 2. The van der Waals surface area contributed by atoms with Gasteiger partial charge in [0.05, 0.1) is 17.4 Å². The highest BCUT2D eigenvalue weighted by Gasteiger charge is 2.37. The summed E-state index contributed by atoms with van der Waals surface area (Å²) in [5, 5.41) is 7.57. The quantitative estimate of drug-likeness (QED) is 0.440. The molecule has 2 aliphatic rings. The largest absolute Gasteiger partial charge is 0.335 e. The Morgan fingerprint density at radius 1 is 0.971 bits per heavy atom. The van der Waals surface area contributed by atoms with E-state index < -0.39 is 0 Å². The Morgan fingerprint density at radius 2 is 1.80 bits per heavy atom. The van der Waals surface area contributed by atoms with Crippen LogP contribution in [0.15, 0.2) is 60.2 Å². The van der Waals surface area contributed by atoms with E-state index >= 15 is 0 Å². The van der Waals surface area contributed by atoms with Gasteiger partial charge >= 0.3 is 0 Å². The highest BCUT2D eigenvalue weighted by Crippen LogP contribution is 2.24. The van der Waals surface area contributed by atoms with E-state index in [9.17, 15) is 14.0 Å². The number of fused-ring (bicyclic) bond motifs is 1. The van der Waals surface area contributed by atoms with Crippen LogP contribution in [0, 0.1) is 5.82 Å². The van der Waals surface area contributed by atoms with Crippen molar-refractivity contribution in [2.24, 2.45) is 0 Å². The lowest BCUT2D eigenvalue weighted by Crippen LogP contribution is -2.64. The van der Waals surface area contributed by atoms with Crippen LogP contribution in [0.25, 0.3) is 16.6 Å². The molecule has 6 rings (SSSR count). The molecule has 0 N–H and O–H groups in total. The molecule has 10 heteroatoms. The van der Waals surface area contributed by atoms with Crippen LogP contribution in [0.3, 0.4) is 0 Å². The number of amides is 2. The number of hydrogen-bond donors (Lipinski definition) is 0. The molecule has 2 aromatic heterocycles. The molecule has 0 spiro atoms. The van der Waals surface area contributed by atoms with E-state index in [0.717, 1.165) is 24.0 Å². The molecule has 0 saturated carbocycles. The zero-order valence-electron chi connectivity index (χ0n) is 18.9. The smallest absolute Gasteiger partial charge is 0.282 e. The number of rotatable bonds is 4. The number of nitrogens with zero attached hydrogens (tertiary/aromatic N) is 6. The van der Waals surface area contributed by atoms with Gasteiger partial charge in [0, 0.05) is 67.8 Å². The molecule has 2 fully saturated rings. The number of benzene rings is 2. The van der Waals surface area contributed by atoms with Crippen molar-refractivity contribution in [1.82, 2.24) is 29.5 Å². The molecule has 178 valence electrons. The van der Waals surface area contributed by atoms with E-state index in [1.807, 2.05) is 27.3 Å². The van der Waals surface area contributed by atoms with Crippen LogP contribution in [0.5, 0.6) is 0 Å². The van der Waals surface area contributed by atoms with Crippen LogP contribution >= 0.6 is 11.3 Å². The van der Waals surface area contributed by atoms with Crippen molar-refractivity contribution in [1.29, 1.82) is 0 Å². The van der Waals surface area contributed by atoms with Gasteiger partial charge in [0.25, 0.3) is 11.8 Å². The van der Waals surface area contributed by atoms with Crippen LogP contribution in [0.1, 0.15) is 20.2 Å². The van der Waals surface area contributed by atoms with Gasteiger partial charge < -0.3 is 9.80 Å². The minimum atomic E-state index is -0.321. The lowest BCUT2D eigenvalue weighted by Gasteiger charge is -2.48. The van der Waals surface area contributed by atoms with Crippen LogP contribution in [0.4, 0.5) is 4.39 Å². The van der Waals surface area contributed by atoms with Gasteiger partial charge in [0.15, 0.2) is 5.01 Å². The average Bonchev–Trinajstić information content (AvgIpc) is 3.53. The van der Waals surface area contributed by atoms with E-state index in [0.29, 0.717) is 48.5 Å². The van der Waals surface area contributed by atoms with Gasteiger partial charge in [-0.2, -0.15) is 5.10 Å².